The van der Waals surface area contributed by atoms with Gasteiger partial charge in [0.1, 0.15) is 0 Å². The van der Waals surface area contributed by atoms with Gasteiger partial charge in [-0.05, 0) is 6.42 Å². The number of carbonyl (C=O) groups is 1. The summed E-state index contributed by atoms with van der Waals surface area (Å²) >= 11 is 1.95. The number of aliphatic hydroxyl groups is 1. The van der Waals surface area contributed by atoms with Crippen LogP contribution in [0.5, 0.6) is 0 Å². The van der Waals surface area contributed by atoms with Crippen molar-refractivity contribution in [3.05, 3.63) is 0 Å². The maximum atomic E-state index is 10.2. The third-order valence-corrected chi connectivity index (χ3v) is 2.46. The van der Waals surface area contributed by atoms with E-state index in [2.05, 4.69) is 0 Å². The van der Waals surface area contributed by atoms with Gasteiger partial charge in [0.25, 0.3) is 0 Å². The predicted molar refractivity (Wildman–Crippen MR) is 46.4 cm³/mol. The van der Waals surface area contributed by atoms with Gasteiger partial charge in [-0.1, -0.05) is 35.9 Å². The maximum absolute atomic E-state index is 10.2. The summed E-state index contributed by atoms with van der Waals surface area (Å²) in [5.74, 6) is -1.13. The van der Waals surface area contributed by atoms with Crippen LogP contribution in [-0.2, 0) is 4.79 Å². The fraction of sp³-hybridized carbons (Fsp3) is 0.833. The van der Waals surface area contributed by atoms with Gasteiger partial charge in [0.15, 0.2) is 6.10 Å². The normalized spacial score (nSPS) is 16.3. The molecule has 0 aliphatic carbocycles. The minimum Gasteiger partial charge on any atom is -0.479 e. The summed E-state index contributed by atoms with van der Waals surface area (Å²) < 4.78 is -0.167. The van der Waals surface area contributed by atoms with Crippen molar-refractivity contribution in [2.75, 3.05) is 0 Å². The third-order valence-electron chi connectivity index (χ3n) is 1.16. The fourth-order valence-corrected chi connectivity index (χ4v) is 1.52. The van der Waals surface area contributed by atoms with Crippen LogP contribution in [0.2, 0.25) is 0 Å². The molecule has 0 aromatic carbocycles. The zero-order valence-electron chi connectivity index (χ0n) is 5.75. The van der Waals surface area contributed by atoms with Crippen molar-refractivity contribution < 1.29 is 15.0 Å². The summed E-state index contributed by atoms with van der Waals surface area (Å²) in [6.45, 7) is 1.96. The Bertz CT molecular complexity index is 116. The lowest BCUT2D eigenvalue weighted by atomic mass is 10.2. The van der Waals surface area contributed by atoms with E-state index < -0.39 is 12.1 Å². The third kappa shape index (κ3) is 3.36. The quantitative estimate of drug-likeness (QED) is 0.585. The summed E-state index contributed by atoms with van der Waals surface area (Å²) in [5, 5.41) is 17.2. The lowest BCUT2D eigenvalue weighted by Crippen LogP contribution is -2.29. The topological polar surface area (TPSA) is 57.5 Å². The molecular formula is C6H11IO3. The molecule has 60 valence electrons. The Balaban J connectivity index is 3.69. The first-order chi connectivity index (χ1) is 4.59. The van der Waals surface area contributed by atoms with Gasteiger partial charge in [-0.2, -0.15) is 0 Å². The highest BCUT2D eigenvalue weighted by Crippen LogP contribution is 2.13. The van der Waals surface area contributed by atoms with E-state index in [1.54, 1.807) is 0 Å². The molecule has 0 spiro atoms. The number of carboxylic acids is 1. The first-order valence-corrected chi connectivity index (χ1v) is 4.39. The molecule has 0 bridgehead atoms. The van der Waals surface area contributed by atoms with Crippen LogP contribution in [0.3, 0.4) is 0 Å². The molecule has 2 atom stereocenters. The van der Waals surface area contributed by atoms with Gasteiger partial charge in [-0.25, -0.2) is 4.79 Å². The van der Waals surface area contributed by atoms with Crippen molar-refractivity contribution in [3.8, 4) is 0 Å². The molecule has 0 aliphatic rings. The van der Waals surface area contributed by atoms with Crippen molar-refractivity contribution in [2.45, 2.75) is 29.8 Å². The summed E-state index contributed by atoms with van der Waals surface area (Å²) in [6, 6.07) is 0. The Hall–Kier alpha value is 0.160. The summed E-state index contributed by atoms with van der Waals surface area (Å²) in [7, 11) is 0. The number of hydrogen-bond donors (Lipinski definition) is 2. The second kappa shape index (κ2) is 4.90. The fourth-order valence-electron chi connectivity index (χ4n) is 0.588. The Morgan fingerprint density at radius 2 is 2.20 bits per heavy atom. The van der Waals surface area contributed by atoms with E-state index in [4.69, 9.17) is 10.2 Å². The number of carboxylic acid groups (broad SMARTS) is 1. The van der Waals surface area contributed by atoms with Gasteiger partial charge >= 0.3 is 5.97 Å². The molecule has 0 aromatic rings. The van der Waals surface area contributed by atoms with Crippen LogP contribution in [0.25, 0.3) is 0 Å². The molecule has 0 radical (unpaired) electrons. The summed E-state index contributed by atoms with van der Waals surface area (Å²) in [4.78, 5) is 10.2. The van der Waals surface area contributed by atoms with Gasteiger partial charge in [-0.15, -0.1) is 0 Å². The highest BCUT2D eigenvalue weighted by molar-refractivity contribution is 14.1. The second-order valence-electron chi connectivity index (χ2n) is 2.09. The molecule has 0 saturated carbocycles. The van der Waals surface area contributed by atoms with Crippen molar-refractivity contribution in [3.63, 3.8) is 0 Å². The standard InChI is InChI=1S/C6H11IO3/c1-2-3-4(7)5(8)6(9)10/h4-5,8H,2-3H2,1H3,(H,9,10)/t4?,5-/m1/s1. The van der Waals surface area contributed by atoms with Crippen LogP contribution >= 0.6 is 22.6 Å². The van der Waals surface area contributed by atoms with Crippen LogP contribution in [0, 0.1) is 0 Å². The monoisotopic (exact) mass is 258 g/mol. The predicted octanol–water partition coefficient (Wildman–Crippen LogP) is 1.04. The van der Waals surface area contributed by atoms with E-state index in [1.807, 2.05) is 29.5 Å². The van der Waals surface area contributed by atoms with E-state index in [1.165, 1.54) is 0 Å². The largest absolute Gasteiger partial charge is 0.479 e. The Labute approximate surface area is 73.6 Å². The number of hydrogen-bond acceptors (Lipinski definition) is 2. The van der Waals surface area contributed by atoms with Gasteiger partial charge in [0, 0.05) is 3.92 Å². The zero-order chi connectivity index (χ0) is 8.15. The number of aliphatic hydroxyl groups excluding tert-OH is 1. The SMILES string of the molecule is CCCC(I)[C@@H](O)C(=O)O. The maximum Gasteiger partial charge on any atom is 0.333 e. The summed E-state index contributed by atoms with van der Waals surface area (Å²) in [6.07, 6.45) is 0.437. The Kier molecular flexibility index (Phi) is 4.98. The molecule has 0 heterocycles. The molecule has 2 N–H and O–H groups in total. The number of alkyl halides is 1. The van der Waals surface area contributed by atoms with Gasteiger partial charge in [-0.3, -0.25) is 0 Å². The molecule has 0 rings (SSSR count). The first-order valence-electron chi connectivity index (χ1n) is 3.14. The molecule has 1 unspecified atom stereocenters. The van der Waals surface area contributed by atoms with E-state index >= 15 is 0 Å². The Morgan fingerprint density at radius 3 is 2.50 bits per heavy atom. The van der Waals surface area contributed by atoms with Crippen LogP contribution in [0.1, 0.15) is 19.8 Å². The molecule has 0 amide bonds. The molecule has 4 heteroatoms. The lowest BCUT2D eigenvalue weighted by molar-refractivity contribution is -0.146. The summed E-state index contributed by atoms with van der Waals surface area (Å²) in [5.41, 5.74) is 0. The van der Waals surface area contributed by atoms with Crippen LogP contribution in [0.4, 0.5) is 0 Å². The molecule has 0 saturated heterocycles. The van der Waals surface area contributed by atoms with Gasteiger partial charge in [0.2, 0.25) is 0 Å². The lowest BCUT2D eigenvalue weighted by Gasteiger charge is -2.10. The van der Waals surface area contributed by atoms with Gasteiger partial charge < -0.3 is 10.2 Å². The van der Waals surface area contributed by atoms with E-state index in [9.17, 15) is 4.79 Å². The number of aliphatic carboxylic acids is 1. The molecule has 3 nitrogen and oxygen atoms in total. The molecule has 10 heavy (non-hydrogen) atoms. The molecule has 0 aromatic heterocycles. The second-order valence-corrected chi connectivity index (χ2v) is 3.69. The van der Waals surface area contributed by atoms with Crippen LogP contribution < -0.4 is 0 Å². The minimum atomic E-state index is -1.21. The van der Waals surface area contributed by atoms with E-state index in [0.717, 1.165) is 12.8 Å². The smallest absolute Gasteiger partial charge is 0.333 e. The molecular weight excluding hydrogens is 247 g/mol. The van der Waals surface area contributed by atoms with Crippen LogP contribution in [0.15, 0.2) is 0 Å². The zero-order valence-corrected chi connectivity index (χ0v) is 7.91. The molecule has 0 fully saturated rings. The van der Waals surface area contributed by atoms with Gasteiger partial charge in [0.05, 0.1) is 0 Å². The first kappa shape index (κ1) is 10.2. The average Bonchev–Trinajstić information content (AvgIpc) is 1.87. The van der Waals surface area contributed by atoms with Crippen molar-refractivity contribution in [1.82, 2.24) is 0 Å². The highest BCUT2D eigenvalue weighted by Gasteiger charge is 2.21. The highest BCUT2D eigenvalue weighted by atomic mass is 127. The van der Waals surface area contributed by atoms with E-state index in [0.29, 0.717) is 0 Å². The minimum absolute atomic E-state index is 0.167. The van der Waals surface area contributed by atoms with Crippen LogP contribution in [-0.4, -0.2) is 26.2 Å². The van der Waals surface area contributed by atoms with E-state index in [-0.39, 0.29) is 3.92 Å². The van der Waals surface area contributed by atoms with Crippen molar-refractivity contribution in [1.29, 1.82) is 0 Å². The Morgan fingerprint density at radius 1 is 1.70 bits per heavy atom. The van der Waals surface area contributed by atoms with Crippen molar-refractivity contribution in [2.24, 2.45) is 0 Å². The molecule has 0 aliphatic heterocycles. The number of halogens is 1. The van der Waals surface area contributed by atoms with Crippen molar-refractivity contribution >= 4 is 28.6 Å². The average molecular weight is 258 g/mol. The number of rotatable bonds is 4.